The number of aliphatic hydroxyl groups is 1. The standard InChI is InChI=1S/C11H21N3O/c12-4-2-1-3-5-13-6-8-14(9-7-13)10-11-15/h15H,1-3,5-11H2. The molecule has 1 saturated heterocycles. The molecule has 0 spiro atoms. The van der Waals surface area contributed by atoms with Gasteiger partial charge in [-0.05, 0) is 19.4 Å². The van der Waals surface area contributed by atoms with E-state index in [1.165, 1.54) is 0 Å². The Labute approximate surface area is 92.1 Å². The van der Waals surface area contributed by atoms with E-state index in [-0.39, 0.29) is 6.61 Å². The van der Waals surface area contributed by atoms with Crippen molar-refractivity contribution >= 4 is 0 Å². The average molecular weight is 211 g/mol. The van der Waals surface area contributed by atoms with Crippen LogP contribution in [0, 0.1) is 11.3 Å². The predicted octanol–water partition coefficient (Wildman–Crippen LogP) is 0.290. The molecule has 0 atom stereocenters. The molecule has 0 aliphatic carbocycles. The van der Waals surface area contributed by atoms with Gasteiger partial charge in [0.05, 0.1) is 12.7 Å². The van der Waals surface area contributed by atoms with Gasteiger partial charge in [0.2, 0.25) is 0 Å². The van der Waals surface area contributed by atoms with Gasteiger partial charge < -0.3 is 10.0 Å². The highest BCUT2D eigenvalue weighted by Gasteiger charge is 2.15. The number of nitrogens with zero attached hydrogens (tertiary/aromatic N) is 3. The molecule has 4 heteroatoms. The fraction of sp³-hybridized carbons (Fsp3) is 0.909. The van der Waals surface area contributed by atoms with Crippen molar-refractivity contribution in [2.45, 2.75) is 19.3 Å². The fourth-order valence-electron chi connectivity index (χ4n) is 1.92. The Morgan fingerprint density at radius 3 is 2.13 bits per heavy atom. The molecule has 4 nitrogen and oxygen atoms in total. The van der Waals surface area contributed by atoms with Crippen LogP contribution in [0.25, 0.3) is 0 Å². The van der Waals surface area contributed by atoms with Crippen LogP contribution >= 0.6 is 0 Å². The molecule has 0 aromatic rings. The number of β-amino-alcohol motifs (C(OH)–C–C–N with tert-alkyl or cyclic N) is 1. The first-order valence-electron chi connectivity index (χ1n) is 5.79. The lowest BCUT2D eigenvalue weighted by Gasteiger charge is -2.34. The van der Waals surface area contributed by atoms with Crippen molar-refractivity contribution in [2.24, 2.45) is 0 Å². The molecule has 1 heterocycles. The first kappa shape index (κ1) is 12.4. The molecule has 0 saturated carbocycles. The molecule has 1 fully saturated rings. The highest BCUT2D eigenvalue weighted by atomic mass is 16.3. The van der Waals surface area contributed by atoms with Crippen LogP contribution in [-0.2, 0) is 0 Å². The van der Waals surface area contributed by atoms with E-state index in [4.69, 9.17) is 10.4 Å². The Hall–Kier alpha value is -0.630. The quantitative estimate of drug-likeness (QED) is 0.642. The Morgan fingerprint density at radius 1 is 1.00 bits per heavy atom. The number of rotatable bonds is 6. The van der Waals surface area contributed by atoms with Gasteiger partial charge >= 0.3 is 0 Å². The lowest BCUT2D eigenvalue weighted by atomic mass is 10.2. The molecule has 0 bridgehead atoms. The molecule has 1 aliphatic heterocycles. The molecular formula is C11H21N3O. The Bertz CT molecular complexity index is 194. The lowest BCUT2D eigenvalue weighted by molar-refractivity contribution is 0.111. The van der Waals surface area contributed by atoms with Gasteiger partial charge in [-0.3, -0.25) is 4.90 Å². The highest BCUT2D eigenvalue weighted by Crippen LogP contribution is 2.03. The molecule has 1 rings (SSSR count). The number of hydrogen-bond acceptors (Lipinski definition) is 4. The first-order chi connectivity index (χ1) is 7.36. The zero-order valence-corrected chi connectivity index (χ0v) is 9.36. The summed E-state index contributed by atoms with van der Waals surface area (Å²) in [4.78, 5) is 4.75. The topological polar surface area (TPSA) is 50.5 Å². The summed E-state index contributed by atoms with van der Waals surface area (Å²) in [6, 6.07) is 2.17. The summed E-state index contributed by atoms with van der Waals surface area (Å²) >= 11 is 0. The third-order valence-corrected chi connectivity index (χ3v) is 2.89. The lowest BCUT2D eigenvalue weighted by Crippen LogP contribution is -2.47. The van der Waals surface area contributed by atoms with Crippen molar-refractivity contribution in [3.05, 3.63) is 0 Å². The second kappa shape index (κ2) is 7.63. The summed E-state index contributed by atoms with van der Waals surface area (Å²) in [6.45, 7) is 6.54. The number of hydrogen-bond donors (Lipinski definition) is 1. The average Bonchev–Trinajstić information content (AvgIpc) is 2.27. The molecule has 1 N–H and O–H groups in total. The summed E-state index contributed by atoms with van der Waals surface area (Å²) in [7, 11) is 0. The maximum absolute atomic E-state index is 8.80. The first-order valence-corrected chi connectivity index (χ1v) is 5.79. The van der Waals surface area contributed by atoms with E-state index >= 15 is 0 Å². The van der Waals surface area contributed by atoms with Gasteiger partial charge in [-0.1, -0.05) is 0 Å². The van der Waals surface area contributed by atoms with Crippen LogP contribution < -0.4 is 0 Å². The van der Waals surface area contributed by atoms with Gasteiger partial charge in [-0.15, -0.1) is 0 Å². The number of piperazine rings is 1. The van der Waals surface area contributed by atoms with E-state index < -0.39 is 0 Å². The van der Waals surface area contributed by atoms with E-state index in [2.05, 4.69) is 15.9 Å². The largest absolute Gasteiger partial charge is 0.395 e. The third-order valence-electron chi connectivity index (χ3n) is 2.89. The van der Waals surface area contributed by atoms with Gasteiger partial charge in [-0.25, -0.2) is 0 Å². The molecule has 1 aliphatic rings. The van der Waals surface area contributed by atoms with Crippen LogP contribution in [0.15, 0.2) is 0 Å². The maximum Gasteiger partial charge on any atom is 0.0621 e. The maximum atomic E-state index is 8.80. The highest BCUT2D eigenvalue weighted by molar-refractivity contribution is 4.73. The normalized spacial score (nSPS) is 18.9. The van der Waals surface area contributed by atoms with E-state index in [1.54, 1.807) is 0 Å². The number of unbranched alkanes of at least 4 members (excludes halogenated alkanes) is 2. The van der Waals surface area contributed by atoms with E-state index in [9.17, 15) is 0 Å². The third kappa shape index (κ3) is 5.12. The fourth-order valence-corrected chi connectivity index (χ4v) is 1.92. The van der Waals surface area contributed by atoms with Crippen LogP contribution in [0.3, 0.4) is 0 Å². The van der Waals surface area contributed by atoms with Gasteiger partial charge in [-0.2, -0.15) is 5.26 Å². The Morgan fingerprint density at radius 2 is 1.60 bits per heavy atom. The minimum absolute atomic E-state index is 0.266. The zero-order chi connectivity index (χ0) is 10.9. The predicted molar refractivity (Wildman–Crippen MR) is 59.4 cm³/mol. The number of nitriles is 1. The van der Waals surface area contributed by atoms with Crippen LogP contribution in [0.2, 0.25) is 0 Å². The van der Waals surface area contributed by atoms with Crippen molar-refractivity contribution in [1.82, 2.24) is 9.80 Å². The molecule has 0 radical (unpaired) electrons. The zero-order valence-electron chi connectivity index (χ0n) is 9.36. The van der Waals surface area contributed by atoms with Crippen molar-refractivity contribution < 1.29 is 5.11 Å². The number of aliphatic hydroxyl groups excluding tert-OH is 1. The summed E-state index contributed by atoms with van der Waals surface area (Å²) < 4.78 is 0. The molecule has 0 aromatic carbocycles. The molecular weight excluding hydrogens is 190 g/mol. The minimum Gasteiger partial charge on any atom is -0.395 e. The summed E-state index contributed by atoms with van der Waals surface area (Å²) in [5.74, 6) is 0. The minimum atomic E-state index is 0.266. The second-order valence-electron chi connectivity index (χ2n) is 4.02. The molecule has 86 valence electrons. The smallest absolute Gasteiger partial charge is 0.0621 e. The Balaban J connectivity index is 2.02. The summed E-state index contributed by atoms with van der Waals surface area (Å²) in [5, 5.41) is 17.2. The van der Waals surface area contributed by atoms with Crippen molar-refractivity contribution in [1.29, 1.82) is 5.26 Å². The van der Waals surface area contributed by atoms with Crippen molar-refractivity contribution in [3.63, 3.8) is 0 Å². The SMILES string of the molecule is N#CCCCCN1CCN(CCO)CC1. The van der Waals surface area contributed by atoms with E-state index in [0.29, 0.717) is 6.42 Å². The molecule has 0 amide bonds. The van der Waals surface area contributed by atoms with Crippen LogP contribution in [0.1, 0.15) is 19.3 Å². The van der Waals surface area contributed by atoms with Crippen molar-refractivity contribution in [3.8, 4) is 6.07 Å². The van der Waals surface area contributed by atoms with Gasteiger partial charge in [0.1, 0.15) is 0 Å². The van der Waals surface area contributed by atoms with E-state index in [0.717, 1.165) is 52.1 Å². The summed E-state index contributed by atoms with van der Waals surface area (Å²) in [6.07, 6.45) is 2.84. The van der Waals surface area contributed by atoms with Gasteiger partial charge in [0.25, 0.3) is 0 Å². The monoisotopic (exact) mass is 211 g/mol. The Kier molecular flexibility index (Phi) is 6.33. The second-order valence-corrected chi connectivity index (χ2v) is 4.02. The molecule has 0 unspecified atom stereocenters. The van der Waals surface area contributed by atoms with Crippen LogP contribution in [0.5, 0.6) is 0 Å². The van der Waals surface area contributed by atoms with E-state index in [1.807, 2.05) is 0 Å². The van der Waals surface area contributed by atoms with Crippen LogP contribution in [-0.4, -0.2) is 60.8 Å². The molecule has 0 aromatic heterocycles. The van der Waals surface area contributed by atoms with Gasteiger partial charge in [0.15, 0.2) is 0 Å². The van der Waals surface area contributed by atoms with Crippen molar-refractivity contribution in [2.75, 3.05) is 45.9 Å². The van der Waals surface area contributed by atoms with Gasteiger partial charge in [0, 0.05) is 39.1 Å². The molecule has 15 heavy (non-hydrogen) atoms. The van der Waals surface area contributed by atoms with Crippen LogP contribution in [0.4, 0.5) is 0 Å². The summed E-state index contributed by atoms with van der Waals surface area (Å²) in [5.41, 5.74) is 0.